The van der Waals surface area contributed by atoms with Crippen LogP contribution in [0.4, 0.5) is 0 Å². The van der Waals surface area contributed by atoms with E-state index in [1.54, 1.807) is 0 Å². The fourth-order valence-corrected chi connectivity index (χ4v) is 3.43. The first-order valence-corrected chi connectivity index (χ1v) is 13.3. The van der Waals surface area contributed by atoms with Crippen molar-refractivity contribution in [2.75, 3.05) is 13.2 Å². The van der Waals surface area contributed by atoms with Gasteiger partial charge in [0.05, 0.1) is 13.2 Å². The number of aryl methyl sites for hydroxylation is 2. The zero-order valence-corrected chi connectivity index (χ0v) is 25.6. The summed E-state index contributed by atoms with van der Waals surface area (Å²) in [6.45, 7) is 14.2. The van der Waals surface area contributed by atoms with Crippen molar-refractivity contribution in [2.24, 2.45) is 11.8 Å². The van der Waals surface area contributed by atoms with Gasteiger partial charge in [0.1, 0.15) is 11.5 Å². The van der Waals surface area contributed by atoms with Crippen molar-refractivity contribution in [3.05, 3.63) is 69.5 Å². The smallest absolute Gasteiger partial charge is 0.124 e. The van der Waals surface area contributed by atoms with E-state index in [0.717, 1.165) is 46.6 Å². The van der Waals surface area contributed by atoms with Gasteiger partial charge >= 0.3 is 0 Å². The van der Waals surface area contributed by atoms with Crippen molar-refractivity contribution in [1.82, 2.24) is 0 Å². The summed E-state index contributed by atoms with van der Waals surface area (Å²) in [4.78, 5) is 1.34. The summed E-state index contributed by atoms with van der Waals surface area (Å²) in [5, 5.41) is 3.05. The molecule has 0 unspecified atom stereocenters. The van der Waals surface area contributed by atoms with E-state index in [0.29, 0.717) is 34.9 Å². The largest absolute Gasteiger partial charge is 0.789 e. The van der Waals surface area contributed by atoms with E-state index in [2.05, 4.69) is 27.7 Å². The zero-order chi connectivity index (χ0) is 25.7. The minimum Gasteiger partial charge on any atom is -0.789 e. The first-order chi connectivity index (χ1) is 16.1. The van der Waals surface area contributed by atoms with E-state index in [9.17, 15) is 0 Å². The normalized spacial score (nSPS) is 11.5. The van der Waals surface area contributed by atoms with Gasteiger partial charge in [-0.3, -0.25) is 0 Å². The van der Waals surface area contributed by atoms with Crippen LogP contribution in [0.5, 0.6) is 11.5 Å². The van der Waals surface area contributed by atoms with Crippen LogP contribution in [-0.4, -0.2) is 13.2 Å². The van der Waals surface area contributed by atoms with Crippen LogP contribution in [0.2, 0.25) is 0 Å². The predicted octanol–water partition coefficient (Wildman–Crippen LogP) is 7.62. The van der Waals surface area contributed by atoms with Crippen LogP contribution in [0.3, 0.4) is 0 Å². The quantitative estimate of drug-likeness (QED) is 0.208. The second-order valence-corrected chi connectivity index (χ2v) is 10.4. The van der Waals surface area contributed by atoms with Crippen LogP contribution in [0, 0.1) is 25.7 Å². The van der Waals surface area contributed by atoms with Crippen molar-refractivity contribution in [3.63, 3.8) is 0 Å². The molecule has 7 heteroatoms. The molecule has 0 saturated carbocycles. The maximum Gasteiger partial charge on any atom is 0.124 e. The Morgan fingerprint density at radius 2 is 1.06 bits per heavy atom. The Morgan fingerprint density at radius 3 is 1.34 bits per heavy atom. The Bertz CT molecular complexity index is 878. The summed E-state index contributed by atoms with van der Waals surface area (Å²) in [5.74, 6) is 2.95. The van der Waals surface area contributed by atoms with E-state index in [-0.39, 0.29) is 16.5 Å². The zero-order valence-electron chi connectivity index (χ0n) is 21.4. The van der Waals surface area contributed by atoms with Crippen molar-refractivity contribution < 1.29 is 26.0 Å². The van der Waals surface area contributed by atoms with Crippen LogP contribution < -0.4 is 9.47 Å². The van der Waals surface area contributed by atoms with Crippen LogP contribution in [0.25, 0.3) is 9.81 Å². The molecule has 0 radical (unpaired) electrons. The van der Waals surface area contributed by atoms with Crippen molar-refractivity contribution >= 4 is 60.3 Å². The maximum absolute atomic E-state index is 5.77. The topological polar surface area (TPSA) is 18.5 Å². The second-order valence-electron chi connectivity index (χ2n) is 9.03. The van der Waals surface area contributed by atoms with Gasteiger partial charge in [-0.15, -0.1) is 0 Å². The fraction of sp³-hybridized carbons (Fsp3) is 0.429. The van der Waals surface area contributed by atoms with Gasteiger partial charge in [0.2, 0.25) is 0 Å². The van der Waals surface area contributed by atoms with Gasteiger partial charge in [-0.1, -0.05) is 51.0 Å². The molecule has 198 valence electrons. The van der Waals surface area contributed by atoms with E-state index < -0.39 is 0 Å². The Balaban J connectivity index is 0.000000642. The molecular formula is C28H36NiO2S4-4. The standard InChI is InChI=1S/2C14H20OS2.Ni/c2*1-10(2)6-7-15-13-5-4-11(3)8-12(13)14(17)9-16;/h2*4-5,8-10,16-17H,6-7H2,1-3H3;/p-4/b2*14-9-;. The Kier molecular flexibility index (Phi) is 17.6. The van der Waals surface area contributed by atoms with Crippen molar-refractivity contribution in [1.29, 1.82) is 0 Å². The van der Waals surface area contributed by atoms with Crippen LogP contribution in [-0.2, 0) is 67.0 Å². The third-order valence-corrected chi connectivity index (χ3v) is 6.37. The SMILES string of the molecule is Cc1ccc(OCCC(C)C)c(/C([S-])=C/[S-])c1.Cc1ccc(OCCC(C)C)c(/C([S-])=C/[S-])c1.[Ni]. The molecule has 2 nitrogen and oxygen atoms in total. The predicted molar refractivity (Wildman–Crippen MR) is 158 cm³/mol. The molecule has 2 aromatic rings. The third kappa shape index (κ3) is 13.1. The number of ether oxygens (including phenoxy) is 2. The first-order valence-electron chi connectivity index (χ1n) is 11.5. The van der Waals surface area contributed by atoms with E-state index in [1.165, 1.54) is 10.8 Å². The summed E-state index contributed by atoms with van der Waals surface area (Å²) in [5.41, 5.74) is 4.18. The molecule has 0 aromatic heterocycles. The van der Waals surface area contributed by atoms with Gasteiger partial charge in [0, 0.05) is 16.5 Å². The molecule has 0 saturated heterocycles. The van der Waals surface area contributed by atoms with Gasteiger partial charge in [-0.05, 0) is 73.9 Å². The number of rotatable bonds is 10. The average molecular weight is 592 g/mol. The third-order valence-electron chi connectivity index (χ3n) is 4.92. The van der Waals surface area contributed by atoms with Gasteiger partial charge in [-0.25, -0.2) is 10.8 Å². The first kappa shape index (κ1) is 33.9. The van der Waals surface area contributed by atoms with Crippen molar-refractivity contribution in [2.45, 2.75) is 54.4 Å². The summed E-state index contributed by atoms with van der Waals surface area (Å²) in [7, 11) is 0. The molecule has 35 heavy (non-hydrogen) atoms. The molecule has 2 aromatic carbocycles. The van der Waals surface area contributed by atoms with E-state index >= 15 is 0 Å². The van der Waals surface area contributed by atoms with Crippen LogP contribution in [0.1, 0.15) is 62.8 Å². The molecule has 2 rings (SSSR count). The fourth-order valence-electron chi connectivity index (χ4n) is 2.86. The van der Waals surface area contributed by atoms with Crippen LogP contribution in [0.15, 0.2) is 47.2 Å². The molecule has 0 amide bonds. The monoisotopic (exact) mass is 590 g/mol. The summed E-state index contributed by atoms with van der Waals surface area (Å²) >= 11 is 20.2. The molecule has 0 aliphatic rings. The van der Waals surface area contributed by atoms with E-state index in [4.69, 9.17) is 60.0 Å². The molecular weight excluding hydrogens is 555 g/mol. The van der Waals surface area contributed by atoms with Crippen LogP contribution >= 0.6 is 0 Å². The number of benzene rings is 2. The Morgan fingerprint density at radius 1 is 0.714 bits per heavy atom. The van der Waals surface area contributed by atoms with E-state index in [1.807, 2.05) is 50.2 Å². The molecule has 0 spiro atoms. The summed E-state index contributed by atoms with van der Waals surface area (Å²) in [6, 6.07) is 12.0. The average Bonchev–Trinajstić information content (AvgIpc) is 2.79. The summed E-state index contributed by atoms with van der Waals surface area (Å²) < 4.78 is 11.5. The van der Waals surface area contributed by atoms with Gasteiger partial charge in [-0.2, -0.15) is 9.81 Å². The van der Waals surface area contributed by atoms with Gasteiger partial charge < -0.3 is 60.0 Å². The number of hydrogen-bond donors (Lipinski definition) is 0. The minimum atomic E-state index is 0. The van der Waals surface area contributed by atoms with Crippen molar-refractivity contribution in [3.8, 4) is 11.5 Å². The second kappa shape index (κ2) is 18.2. The molecule has 0 aliphatic heterocycles. The minimum absolute atomic E-state index is 0. The molecule has 0 aliphatic carbocycles. The maximum atomic E-state index is 5.77. The molecule has 0 heterocycles. The molecule has 0 fully saturated rings. The molecule has 0 atom stereocenters. The number of hydrogen-bond acceptors (Lipinski definition) is 6. The van der Waals surface area contributed by atoms with Gasteiger partial charge in [0.15, 0.2) is 0 Å². The summed E-state index contributed by atoms with van der Waals surface area (Å²) in [6.07, 6.45) is 2.08. The molecule has 0 N–H and O–H groups in total. The van der Waals surface area contributed by atoms with Gasteiger partial charge in [0.25, 0.3) is 0 Å². The Hall–Kier alpha value is -1.11. The molecule has 0 bridgehead atoms. The Labute approximate surface area is 245 Å².